The second-order valence-corrected chi connectivity index (χ2v) is 6.72. The van der Waals surface area contributed by atoms with Crippen LogP contribution >= 0.6 is 11.3 Å². The molecule has 0 radical (unpaired) electrons. The highest BCUT2D eigenvalue weighted by Gasteiger charge is 2.06. The van der Waals surface area contributed by atoms with E-state index in [0.29, 0.717) is 16.9 Å². The quantitative estimate of drug-likeness (QED) is 0.630. The largest absolute Gasteiger partial charge is 0.323 e. The van der Waals surface area contributed by atoms with Crippen LogP contribution in [0.3, 0.4) is 0 Å². The van der Waals surface area contributed by atoms with Crippen molar-refractivity contribution in [1.29, 1.82) is 0 Å². The minimum Gasteiger partial charge on any atom is -0.323 e. The molecule has 0 fully saturated rings. The van der Waals surface area contributed by atoms with E-state index < -0.39 is 0 Å². The Morgan fingerprint density at radius 1 is 0.923 bits per heavy atom. The van der Waals surface area contributed by atoms with Gasteiger partial charge < -0.3 is 10.6 Å². The monoisotopic (exact) mass is 362 g/mol. The Kier molecular flexibility index (Phi) is 5.61. The molecule has 5 heteroatoms. The highest BCUT2D eigenvalue weighted by atomic mass is 32.1. The number of aryl methyl sites for hydroxylation is 1. The summed E-state index contributed by atoms with van der Waals surface area (Å²) in [4.78, 5) is 25.2. The van der Waals surface area contributed by atoms with Crippen LogP contribution in [0.4, 0.5) is 11.4 Å². The van der Waals surface area contributed by atoms with Crippen molar-refractivity contribution < 1.29 is 9.59 Å². The molecule has 26 heavy (non-hydrogen) atoms. The Morgan fingerprint density at radius 3 is 2.31 bits per heavy atom. The van der Waals surface area contributed by atoms with Crippen molar-refractivity contribution in [3.63, 3.8) is 0 Å². The van der Waals surface area contributed by atoms with Crippen molar-refractivity contribution in [1.82, 2.24) is 0 Å². The summed E-state index contributed by atoms with van der Waals surface area (Å²) in [5.41, 5.74) is 2.98. The van der Waals surface area contributed by atoms with E-state index in [2.05, 4.69) is 10.6 Å². The molecular formula is C21H18N2O2S. The summed E-state index contributed by atoms with van der Waals surface area (Å²) in [5, 5.41) is 7.60. The first-order valence-corrected chi connectivity index (χ1v) is 8.99. The summed E-state index contributed by atoms with van der Waals surface area (Å²) < 4.78 is 0. The van der Waals surface area contributed by atoms with Gasteiger partial charge in [-0.15, -0.1) is 11.3 Å². The van der Waals surface area contributed by atoms with Crippen molar-refractivity contribution in [3.8, 4) is 0 Å². The second kappa shape index (κ2) is 8.27. The lowest BCUT2D eigenvalue weighted by molar-refractivity contribution is -0.111. The standard InChI is InChI=1S/C21H18N2O2S/c1-15-4-2-5-16(14-15)21(25)23-18-9-7-17(8-10-18)22-20(24)12-11-19-6-3-13-26-19/h2-14H,1H3,(H,22,24)(H,23,25)/b12-11+. The van der Waals surface area contributed by atoms with Crippen LogP contribution < -0.4 is 10.6 Å². The number of anilines is 2. The lowest BCUT2D eigenvalue weighted by Crippen LogP contribution is -2.12. The number of hydrogen-bond donors (Lipinski definition) is 2. The smallest absolute Gasteiger partial charge is 0.255 e. The molecule has 0 spiro atoms. The molecule has 0 saturated heterocycles. The predicted octanol–water partition coefficient (Wildman–Crippen LogP) is 4.96. The number of benzene rings is 2. The fourth-order valence-electron chi connectivity index (χ4n) is 2.35. The summed E-state index contributed by atoms with van der Waals surface area (Å²) in [6.45, 7) is 1.95. The maximum Gasteiger partial charge on any atom is 0.255 e. The first kappa shape index (κ1) is 17.6. The summed E-state index contributed by atoms with van der Waals surface area (Å²) in [6.07, 6.45) is 3.27. The van der Waals surface area contributed by atoms with Gasteiger partial charge in [0.05, 0.1) is 0 Å². The molecule has 3 aromatic rings. The van der Waals surface area contributed by atoms with E-state index in [4.69, 9.17) is 0 Å². The third kappa shape index (κ3) is 4.91. The normalized spacial score (nSPS) is 10.7. The number of nitrogens with one attached hydrogen (secondary N) is 2. The molecule has 2 N–H and O–H groups in total. The number of carbonyl (C=O) groups excluding carboxylic acids is 2. The van der Waals surface area contributed by atoms with Gasteiger partial charge in [0.15, 0.2) is 0 Å². The number of hydrogen-bond acceptors (Lipinski definition) is 3. The summed E-state index contributed by atoms with van der Waals surface area (Å²) in [5.74, 6) is -0.362. The molecule has 0 aliphatic carbocycles. The van der Waals surface area contributed by atoms with E-state index in [1.807, 2.05) is 42.6 Å². The molecule has 2 aromatic carbocycles. The molecule has 0 aliphatic rings. The SMILES string of the molecule is Cc1cccc(C(=O)Nc2ccc(NC(=O)/C=C/c3cccs3)cc2)c1. The van der Waals surface area contributed by atoms with Crippen LogP contribution in [0.5, 0.6) is 0 Å². The van der Waals surface area contributed by atoms with Crippen molar-refractivity contribution in [2.45, 2.75) is 6.92 Å². The fraction of sp³-hybridized carbons (Fsp3) is 0.0476. The van der Waals surface area contributed by atoms with Crippen LogP contribution in [-0.2, 0) is 4.79 Å². The van der Waals surface area contributed by atoms with Gasteiger partial charge in [0.25, 0.3) is 5.91 Å². The second-order valence-electron chi connectivity index (χ2n) is 5.74. The van der Waals surface area contributed by atoms with Crippen LogP contribution in [0.2, 0.25) is 0 Å². The zero-order chi connectivity index (χ0) is 18.4. The summed E-state index contributed by atoms with van der Waals surface area (Å²) >= 11 is 1.57. The molecule has 130 valence electrons. The summed E-state index contributed by atoms with van der Waals surface area (Å²) in [7, 11) is 0. The van der Waals surface area contributed by atoms with Crippen molar-refractivity contribution in [2.75, 3.05) is 10.6 Å². The van der Waals surface area contributed by atoms with Crippen LogP contribution in [-0.4, -0.2) is 11.8 Å². The molecule has 0 atom stereocenters. The first-order chi connectivity index (χ1) is 12.6. The Bertz CT molecular complexity index is 929. The minimum absolute atomic E-state index is 0.163. The first-order valence-electron chi connectivity index (χ1n) is 8.11. The van der Waals surface area contributed by atoms with Gasteiger partial charge >= 0.3 is 0 Å². The van der Waals surface area contributed by atoms with Crippen LogP contribution in [0.25, 0.3) is 6.08 Å². The minimum atomic E-state index is -0.199. The number of thiophene rings is 1. The molecule has 3 rings (SSSR count). The molecule has 4 nitrogen and oxygen atoms in total. The average molecular weight is 362 g/mol. The van der Waals surface area contributed by atoms with E-state index >= 15 is 0 Å². The molecule has 0 aliphatic heterocycles. The number of amides is 2. The fourth-order valence-corrected chi connectivity index (χ4v) is 2.97. The van der Waals surface area contributed by atoms with Crippen LogP contribution in [0.15, 0.2) is 72.1 Å². The summed E-state index contributed by atoms with van der Waals surface area (Å²) in [6, 6.07) is 18.3. The van der Waals surface area contributed by atoms with Crippen LogP contribution in [0.1, 0.15) is 20.8 Å². The molecular weight excluding hydrogens is 344 g/mol. The zero-order valence-corrected chi connectivity index (χ0v) is 15.0. The van der Waals surface area contributed by atoms with E-state index in [1.165, 1.54) is 6.08 Å². The van der Waals surface area contributed by atoms with Gasteiger partial charge in [0, 0.05) is 27.9 Å². The number of rotatable bonds is 5. The molecule has 0 saturated carbocycles. The Hall–Kier alpha value is -3.18. The lowest BCUT2D eigenvalue weighted by Gasteiger charge is -2.07. The third-order valence-corrected chi connectivity index (χ3v) is 4.47. The number of carbonyl (C=O) groups is 2. The molecule has 1 heterocycles. The Labute approximate surface area is 156 Å². The Morgan fingerprint density at radius 2 is 1.65 bits per heavy atom. The molecule has 0 bridgehead atoms. The average Bonchev–Trinajstić information content (AvgIpc) is 3.15. The van der Waals surface area contributed by atoms with Crippen LogP contribution in [0, 0.1) is 6.92 Å². The maximum absolute atomic E-state index is 12.2. The molecule has 1 aromatic heterocycles. The predicted molar refractivity (Wildman–Crippen MR) is 108 cm³/mol. The van der Waals surface area contributed by atoms with Gasteiger partial charge in [-0.2, -0.15) is 0 Å². The highest BCUT2D eigenvalue weighted by molar-refractivity contribution is 7.10. The zero-order valence-electron chi connectivity index (χ0n) is 14.2. The Balaban J connectivity index is 1.58. The third-order valence-electron chi connectivity index (χ3n) is 3.63. The highest BCUT2D eigenvalue weighted by Crippen LogP contribution is 2.16. The van der Waals surface area contributed by atoms with E-state index in [0.717, 1.165) is 10.4 Å². The van der Waals surface area contributed by atoms with Gasteiger partial charge in [0.2, 0.25) is 5.91 Å². The topological polar surface area (TPSA) is 58.2 Å². The maximum atomic E-state index is 12.2. The van der Waals surface area contributed by atoms with Crippen molar-refractivity contribution in [3.05, 3.63) is 88.1 Å². The van der Waals surface area contributed by atoms with Gasteiger partial charge in [-0.1, -0.05) is 23.8 Å². The van der Waals surface area contributed by atoms with Gasteiger partial charge in [0.1, 0.15) is 0 Å². The molecule has 2 amide bonds. The van der Waals surface area contributed by atoms with Crippen molar-refractivity contribution in [2.24, 2.45) is 0 Å². The lowest BCUT2D eigenvalue weighted by atomic mass is 10.1. The van der Waals surface area contributed by atoms with Gasteiger partial charge in [-0.05, 0) is 60.8 Å². The van der Waals surface area contributed by atoms with E-state index in [1.54, 1.807) is 47.7 Å². The molecule has 0 unspecified atom stereocenters. The van der Waals surface area contributed by atoms with Crippen molar-refractivity contribution >= 4 is 40.6 Å². The van der Waals surface area contributed by atoms with E-state index in [-0.39, 0.29) is 11.8 Å². The van der Waals surface area contributed by atoms with Gasteiger partial charge in [-0.25, -0.2) is 0 Å². The van der Waals surface area contributed by atoms with Gasteiger partial charge in [-0.3, -0.25) is 9.59 Å². The van der Waals surface area contributed by atoms with E-state index in [9.17, 15) is 9.59 Å².